The van der Waals surface area contributed by atoms with E-state index in [9.17, 15) is 4.79 Å². The van der Waals surface area contributed by atoms with Gasteiger partial charge in [0.15, 0.2) is 23.1 Å². The highest BCUT2D eigenvalue weighted by Crippen LogP contribution is 2.42. The molecule has 0 atom stereocenters. The Kier molecular flexibility index (Phi) is 8.69. The number of piperazine rings is 1. The quantitative estimate of drug-likeness (QED) is 0.472. The standard InChI is InChI=1S/C30H41FN4O4/c1-8-38-24-16-20-17-35(29(32-6)25(20)26(31)28(24)39-9-2)18-23(36)19-14-21(30(3,4)5)27(37-7)22(15-19)34-12-10-33-11-13-34/h14-16,33H,8-13,17-18H2,1-7H3. The molecule has 2 heterocycles. The predicted octanol–water partition coefficient (Wildman–Crippen LogP) is 4.41. The van der Waals surface area contributed by atoms with Crippen molar-refractivity contribution in [1.29, 1.82) is 0 Å². The number of anilines is 1. The van der Waals surface area contributed by atoms with Crippen molar-refractivity contribution in [3.63, 3.8) is 0 Å². The van der Waals surface area contributed by atoms with E-state index in [2.05, 4.69) is 36.0 Å². The summed E-state index contributed by atoms with van der Waals surface area (Å²) in [6, 6.07) is 5.69. The third-order valence-corrected chi connectivity index (χ3v) is 7.15. The Balaban J connectivity index is 1.70. The summed E-state index contributed by atoms with van der Waals surface area (Å²) in [5, 5.41) is 3.38. The van der Waals surface area contributed by atoms with Crippen LogP contribution >= 0.6 is 0 Å². The predicted molar refractivity (Wildman–Crippen MR) is 153 cm³/mol. The van der Waals surface area contributed by atoms with Gasteiger partial charge in [-0.05, 0) is 43.0 Å². The summed E-state index contributed by atoms with van der Waals surface area (Å²) in [5.41, 5.74) is 3.36. The number of fused-ring (bicyclic) bond motifs is 1. The molecule has 4 rings (SSSR count). The van der Waals surface area contributed by atoms with Crippen molar-refractivity contribution in [3.8, 4) is 17.2 Å². The number of rotatable bonds is 9. The summed E-state index contributed by atoms with van der Waals surface area (Å²) in [5.74, 6) is 1.12. The summed E-state index contributed by atoms with van der Waals surface area (Å²) in [6.45, 7) is 14.5. The lowest BCUT2D eigenvalue weighted by Crippen LogP contribution is -2.44. The fourth-order valence-corrected chi connectivity index (χ4v) is 5.34. The summed E-state index contributed by atoms with van der Waals surface area (Å²) in [6.07, 6.45) is 0. The number of methoxy groups -OCH3 is 1. The van der Waals surface area contributed by atoms with Crippen LogP contribution in [0.25, 0.3) is 0 Å². The summed E-state index contributed by atoms with van der Waals surface area (Å²) >= 11 is 0. The van der Waals surface area contributed by atoms with Gasteiger partial charge < -0.3 is 29.3 Å². The van der Waals surface area contributed by atoms with Gasteiger partial charge in [0, 0.05) is 50.9 Å². The number of aliphatic imine (C=N–C) groups is 1. The average molecular weight is 541 g/mol. The molecule has 0 radical (unpaired) electrons. The van der Waals surface area contributed by atoms with Crippen molar-refractivity contribution in [1.82, 2.24) is 10.2 Å². The minimum absolute atomic E-state index is 0.0611. The maximum Gasteiger partial charge on any atom is 0.197 e. The number of halogens is 1. The monoisotopic (exact) mass is 540 g/mol. The molecule has 212 valence electrons. The fourth-order valence-electron chi connectivity index (χ4n) is 5.34. The van der Waals surface area contributed by atoms with E-state index in [0.29, 0.717) is 42.5 Å². The van der Waals surface area contributed by atoms with E-state index >= 15 is 4.39 Å². The largest absolute Gasteiger partial charge is 0.494 e. The number of ether oxygens (including phenoxy) is 3. The molecule has 1 saturated heterocycles. The van der Waals surface area contributed by atoms with Crippen LogP contribution in [0.5, 0.6) is 17.2 Å². The first kappa shape index (κ1) is 28.7. The second-order valence-electron chi connectivity index (χ2n) is 10.8. The first-order valence-electron chi connectivity index (χ1n) is 13.7. The first-order chi connectivity index (χ1) is 18.6. The van der Waals surface area contributed by atoms with E-state index < -0.39 is 5.82 Å². The van der Waals surface area contributed by atoms with Crippen LogP contribution in [-0.4, -0.2) is 76.6 Å². The highest BCUT2D eigenvalue weighted by atomic mass is 19.1. The number of amidine groups is 1. The lowest BCUT2D eigenvalue weighted by molar-refractivity contribution is 0.0962. The van der Waals surface area contributed by atoms with Crippen LogP contribution < -0.4 is 24.4 Å². The molecular weight excluding hydrogens is 499 g/mol. The molecule has 1 fully saturated rings. The van der Waals surface area contributed by atoms with E-state index in [1.54, 1.807) is 27.1 Å². The zero-order valence-electron chi connectivity index (χ0n) is 24.2. The van der Waals surface area contributed by atoms with Crippen molar-refractivity contribution in [3.05, 3.63) is 46.3 Å². The Labute approximate surface area is 231 Å². The lowest BCUT2D eigenvalue weighted by atomic mass is 9.84. The molecule has 1 N–H and O–H groups in total. The van der Waals surface area contributed by atoms with Gasteiger partial charge in [0.2, 0.25) is 0 Å². The van der Waals surface area contributed by atoms with Crippen molar-refractivity contribution in [2.24, 2.45) is 4.99 Å². The van der Waals surface area contributed by atoms with Crippen LogP contribution in [0.2, 0.25) is 0 Å². The zero-order chi connectivity index (χ0) is 28.3. The number of carbonyl (C=O) groups is 1. The molecule has 2 aromatic carbocycles. The minimum Gasteiger partial charge on any atom is -0.494 e. The van der Waals surface area contributed by atoms with E-state index in [0.717, 1.165) is 48.7 Å². The first-order valence-corrected chi connectivity index (χ1v) is 13.7. The van der Waals surface area contributed by atoms with Crippen LogP contribution in [0.4, 0.5) is 10.1 Å². The van der Waals surface area contributed by atoms with Gasteiger partial charge in [-0.3, -0.25) is 9.79 Å². The van der Waals surface area contributed by atoms with Gasteiger partial charge in [0.05, 0.1) is 38.1 Å². The molecule has 0 bridgehead atoms. The van der Waals surface area contributed by atoms with Gasteiger partial charge in [0.1, 0.15) is 11.6 Å². The van der Waals surface area contributed by atoms with Crippen LogP contribution in [-0.2, 0) is 12.0 Å². The SMILES string of the molecule is CCOc1cc2c(c(F)c1OCC)C(=NC)N(CC(=O)c1cc(N3CCNCC3)c(OC)c(C(C)(C)C)c1)C2. The molecule has 2 aliphatic heterocycles. The van der Waals surface area contributed by atoms with Crippen LogP contribution in [0, 0.1) is 5.82 Å². The van der Waals surface area contributed by atoms with E-state index in [1.807, 2.05) is 24.0 Å². The van der Waals surface area contributed by atoms with Crippen molar-refractivity contribution in [2.45, 2.75) is 46.6 Å². The molecule has 0 aromatic heterocycles. The number of carbonyl (C=O) groups excluding carboxylic acids is 1. The highest BCUT2D eigenvalue weighted by Gasteiger charge is 2.34. The van der Waals surface area contributed by atoms with Gasteiger partial charge in [-0.15, -0.1) is 0 Å². The van der Waals surface area contributed by atoms with Crippen molar-refractivity contribution < 1.29 is 23.4 Å². The van der Waals surface area contributed by atoms with Gasteiger partial charge in [-0.25, -0.2) is 4.39 Å². The topological polar surface area (TPSA) is 75.6 Å². The van der Waals surface area contributed by atoms with Crippen LogP contribution in [0.3, 0.4) is 0 Å². The number of hydrogen-bond acceptors (Lipinski definition) is 7. The normalized spacial score (nSPS) is 16.5. The molecule has 0 saturated carbocycles. The van der Waals surface area contributed by atoms with Gasteiger partial charge >= 0.3 is 0 Å². The highest BCUT2D eigenvalue weighted by molar-refractivity contribution is 6.07. The van der Waals surface area contributed by atoms with E-state index in [4.69, 9.17) is 14.2 Å². The number of benzene rings is 2. The molecule has 0 amide bonds. The number of Topliss-reactive ketones (excluding diaryl/α,β-unsaturated/α-hetero) is 1. The Morgan fingerprint density at radius 3 is 2.36 bits per heavy atom. The maximum absolute atomic E-state index is 15.7. The van der Waals surface area contributed by atoms with Crippen molar-refractivity contribution >= 4 is 17.3 Å². The Morgan fingerprint density at radius 2 is 1.77 bits per heavy atom. The summed E-state index contributed by atoms with van der Waals surface area (Å²) < 4.78 is 32.9. The van der Waals surface area contributed by atoms with E-state index in [-0.39, 0.29) is 23.5 Å². The molecule has 2 aromatic rings. The molecule has 9 heteroatoms. The smallest absolute Gasteiger partial charge is 0.197 e. The second kappa shape index (κ2) is 11.8. The van der Waals surface area contributed by atoms with Crippen LogP contribution in [0.1, 0.15) is 61.7 Å². The Hall–Kier alpha value is -3.33. The molecule has 8 nitrogen and oxygen atoms in total. The zero-order valence-corrected chi connectivity index (χ0v) is 24.2. The lowest BCUT2D eigenvalue weighted by Gasteiger charge is -2.33. The third kappa shape index (κ3) is 5.69. The van der Waals surface area contributed by atoms with Crippen molar-refractivity contribution in [2.75, 3.05) is 65.0 Å². The molecule has 0 unspecified atom stereocenters. The maximum atomic E-state index is 15.7. The van der Waals surface area contributed by atoms with Gasteiger partial charge in [-0.2, -0.15) is 0 Å². The molecule has 2 aliphatic rings. The number of nitrogens with one attached hydrogen (secondary N) is 1. The minimum atomic E-state index is -0.506. The van der Waals surface area contributed by atoms with Gasteiger partial charge in [0.25, 0.3) is 0 Å². The summed E-state index contributed by atoms with van der Waals surface area (Å²) in [4.78, 5) is 22.3. The van der Waals surface area contributed by atoms with Gasteiger partial charge in [-0.1, -0.05) is 20.8 Å². The molecule has 39 heavy (non-hydrogen) atoms. The third-order valence-electron chi connectivity index (χ3n) is 7.15. The second-order valence-corrected chi connectivity index (χ2v) is 10.8. The number of hydrogen-bond donors (Lipinski definition) is 1. The number of ketones is 1. The Bertz CT molecular complexity index is 1250. The molecule has 0 spiro atoms. The summed E-state index contributed by atoms with van der Waals surface area (Å²) in [7, 11) is 3.30. The fraction of sp³-hybridized carbons (Fsp3) is 0.533. The Morgan fingerprint density at radius 1 is 1.08 bits per heavy atom. The van der Waals surface area contributed by atoms with Crippen LogP contribution in [0.15, 0.2) is 23.2 Å². The number of nitrogens with zero attached hydrogens (tertiary/aromatic N) is 3. The molecule has 0 aliphatic carbocycles. The molecular formula is C30H41FN4O4. The van der Waals surface area contributed by atoms with E-state index in [1.165, 1.54) is 0 Å². The average Bonchev–Trinajstić information content (AvgIpc) is 3.27.